The highest BCUT2D eigenvalue weighted by Gasteiger charge is 2.19. The fraction of sp³-hybridized carbons (Fsp3) is 0.409. The van der Waals surface area contributed by atoms with Crippen LogP contribution in [0, 0.1) is 0 Å². The van der Waals surface area contributed by atoms with Crippen molar-refractivity contribution in [3.63, 3.8) is 0 Å². The Bertz CT molecular complexity index is 753. The Labute approximate surface area is 156 Å². The number of carbonyl (C=O) groups is 1. The zero-order chi connectivity index (χ0) is 18.5. The molecule has 1 N–H and O–H groups in total. The van der Waals surface area contributed by atoms with Crippen LogP contribution >= 0.6 is 0 Å². The van der Waals surface area contributed by atoms with Gasteiger partial charge in [0.1, 0.15) is 5.75 Å². The minimum absolute atomic E-state index is 0.0237. The minimum Gasteiger partial charge on any atom is -0.493 e. The molecular weight excluding hydrogens is 324 g/mol. The van der Waals surface area contributed by atoms with E-state index in [0.717, 1.165) is 31.6 Å². The predicted octanol–water partition coefficient (Wildman–Crippen LogP) is 3.61. The van der Waals surface area contributed by atoms with Crippen LogP contribution in [0.25, 0.3) is 0 Å². The quantitative estimate of drug-likeness (QED) is 0.828. The maximum Gasteiger partial charge on any atom is 0.251 e. The van der Waals surface area contributed by atoms with Gasteiger partial charge in [0, 0.05) is 18.5 Å². The van der Waals surface area contributed by atoms with Crippen molar-refractivity contribution in [1.29, 1.82) is 0 Å². The number of hydrogen-bond donors (Lipinski definition) is 1. The summed E-state index contributed by atoms with van der Waals surface area (Å²) in [5, 5.41) is 3.09. The van der Waals surface area contributed by atoms with Crippen molar-refractivity contribution in [2.45, 2.75) is 32.2 Å². The van der Waals surface area contributed by atoms with E-state index in [1.807, 2.05) is 44.4 Å². The van der Waals surface area contributed by atoms with Crippen molar-refractivity contribution in [1.82, 2.24) is 10.2 Å². The molecule has 0 spiro atoms. The Morgan fingerprint density at radius 3 is 2.65 bits per heavy atom. The molecule has 2 aromatic carbocycles. The van der Waals surface area contributed by atoms with E-state index in [1.165, 1.54) is 16.7 Å². The smallest absolute Gasteiger partial charge is 0.251 e. The van der Waals surface area contributed by atoms with Crippen LogP contribution in [0.1, 0.15) is 46.4 Å². The molecule has 0 aliphatic carbocycles. The molecule has 4 heteroatoms. The third-order valence-electron chi connectivity index (χ3n) is 4.93. The molecule has 1 aliphatic rings. The molecule has 1 atom stereocenters. The molecule has 0 radical (unpaired) electrons. The number of carbonyl (C=O) groups excluding carboxylic acids is 1. The van der Waals surface area contributed by atoms with Gasteiger partial charge in [-0.1, -0.05) is 37.6 Å². The molecule has 0 saturated heterocycles. The van der Waals surface area contributed by atoms with Gasteiger partial charge in [0.25, 0.3) is 5.91 Å². The van der Waals surface area contributed by atoms with Crippen LogP contribution in [0.4, 0.5) is 0 Å². The second-order valence-electron chi connectivity index (χ2n) is 7.10. The molecule has 0 aromatic heterocycles. The van der Waals surface area contributed by atoms with Crippen LogP contribution in [-0.2, 0) is 12.8 Å². The van der Waals surface area contributed by atoms with Gasteiger partial charge in [-0.3, -0.25) is 4.79 Å². The summed E-state index contributed by atoms with van der Waals surface area (Å²) in [6.07, 6.45) is 3.12. The number of nitrogens with one attached hydrogen (secondary N) is 1. The minimum atomic E-state index is -0.0237. The van der Waals surface area contributed by atoms with Crippen molar-refractivity contribution >= 4 is 5.91 Å². The second-order valence-corrected chi connectivity index (χ2v) is 7.10. The third kappa shape index (κ3) is 4.25. The average Bonchev–Trinajstić information content (AvgIpc) is 3.10. The molecule has 4 nitrogen and oxygen atoms in total. The normalized spacial score (nSPS) is 14.0. The van der Waals surface area contributed by atoms with E-state index >= 15 is 0 Å². The number of benzene rings is 2. The van der Waals surface area contributed by atoms with Gasteiger partial charge in [-0.15, -0.1) is 0 Å². The van der Waals surface area contributed by atoms with E-state index in [-0.39, 0.29) is 11.9 Å². The van der Waals surface area contributed by atoms with Gasteiger partial charge in [0.2, 0.25) is 0 Å². The maximum atomic E-state index is 12.5. The van der Waals surface area contributed by atoms with Gasteiger partial charge in [-0.05, 0) is 55.4 Å². The van der Waals surface area contributed by atoms with E-state index < -0.39 is 0 Å². The molecule has 1 unspecified atom stereocenters. The third-order valence-corrected chi connectivity index (χ3v) is 4.93. The number of rotatable bonds is 7. The molecule has 0 saturated carbocycles. The fourth-order valence-corrected chi connectivity index (χ4v) is 3.42. The van der Waals surface area contributed by atoms with E-state index in [0.29, 0.717) is 12.1 Å². The van der Waals surface area contributed by atoms with Crippen LogP contribution in [0.5, 0.6) is 5.75 Å². The van der Waals surface area contributed by atoms with Gasteiger partial charge in [-0.2, -0.15) is 0 Å². The predicted molar refractivity (Wildman–Crippen MR) is 105 cm³/mol. The maximum absolute atomic E-state index is 12.5. The largest absolute Gasteiger partial charge is 0.493 e. The average molecular weight is 352 g/mol. The summed E-state index contributed by atoms with van der Waals surface area (Å²) in [6, 6.07) is 14.4. The van der Waals surface area contributed by atoms with E-state index in [9.17, 15) is 4.79 Å². The second kappa shape index (κ2) is 8.37. The lowest BCUT2D eigenvalue weighted by Crippen LogP contribution is -2.34. The van der Waals surface area contributed by atoms with Crippen molar-refractivity contribution in [3.8, 4) is 5.75 Å². The fourth-order valence-electron chi connectivity index (χ4n) is 3.42. The number of nitrogens with zero attached hydrogens (tertiary/aromatic N) is 1. The van der Waals surface area contributed by atoms with Crippen molar-refractivity contribution in [2.75, 3.05) is 27.2 Å². The first-order valence-electron chi connectivity index (χ1n) is 9.37. The number of likely N-dealkylation sites (N-methyl/N-ethyl adjacent to an activating group) is 1. The van der Waals surface area contributed by atoms with Crippen molar-refractivity contribution in [3.05, 3.63) is 64.7 Å². The highest BCUT2D eigenvalue weighted by molar-refractivity contribution is 5.94. The van der Waals surface area contributed by atoms with E-state index in [2.05, 4.69) is 29.3 Å². The van der Waals surface area contributed by atoms with Crippen LogP contribution in [-0.4, -0.2) is 38.1 Å². The van der Waals surface area contributed by atoms with Gasteiger partial charge in [0.15, 0.2) is 0 Å². The number of amides is 1. The van der Waals surface area contributed by atoms with Crippen molar-refractivity contribution in [2.24, 2.45) is 0 Å². The molecule has 1 heterocycles. The van der Waals surface area contributed by atoms with E-state index in [4.69, 9.17) is 4.74 Å². The van der Waals surface area contributed by atoms with Gasteiger partial charge in [0.05, 0.1) is 12.6 Å². The Kier molecular flexibility index (Phi) is 5.94. The summed E-state index contributed by atoms with van der Waals surface area (Å²) < 4.78 is 5.59. The topological polar surface area (TPSA) is 41.6 Å². The summed E-state index contributed by atoms with van der Waals surface area (Å²) in [5.74, 6) is 0.965. The number of aryl methyl sites for hydroxylation is 1. The molecule has 3 rings (SSSR count). The summed E-state index contributed by atoms with van der Waals surface area (Å²) in [5.41, 5.74) is 4.45. The van der Waals surface area contributed by atoms with Crippen molar-refractivity contribution < 1.29 is 9.53 Å². The summed E-state index contributed by atoms with van der Waals surface area (Å²) in [4.78, 5) is 14.7. The van der Waals surface area contributed by atoms with Gasteiger partial charge >= 0.3 is 0 Å². The molecule has 26 heavy (non-hydrogen) atoms. The Morgan fingerprint density at radius 1 is 1.19 bits per heavy atom. The molecular formula is C22H28N2O2. The first-order chi connectivity index (χ1) is 12.6. The van der Waals surface area contributed by atoms with Gasteiger partial charge < -0.3 is 15.0 Å². The summed E-state index contributed by atoms with van der Waals surface area (Å²) in [6.45, 7) is 3.49. The zero-order valence-corrected chi connectivity index (χ0v) is 15.9. The Morgan fingerprint density at radius 2 is 1.96 bits per heavy atom. The molecule has 1 amide bonds. The molecule has 0 bridgehead atoms. The standard InChI is InChI=1S/C22H28N2O2/c1-4-5-16-6-8-17(9-7-16)22(25)23-15-20(24(2)3)18-10-11-21-19(14-18)12-13-26-21/h6-11,14,20H,4-5,12-13,15H2,1-3H3,(H,23,25). The lowest BCUT2D eigenvalue weighted by atomic mass is 10.0. The molecule has 2 aromatic rings. The highest BCUT2D eigenvalue weighted by atomic mass is 16.5. The monoisotopic (exact) mass is 352 g/mol. The Hall–Kier alpha value is -2.33. The SMILES string of the molecule is CCCc1ccc(C(=O)NCC(c2ccc3c(c2)CCO3)N(C)C)cc1. The number of fused-ring (bicyclic) bond motifs is 1. The van der Waals surface area contributed by atoms with Crippen LogP contribution in [0.3, 0.4) is 0 Å². The first kappa shape index (κ1) is 18.5. The van der Waals surface area contributed by atoms with Crippen LogP contribution < -0.4 is 10.1 Å². The zero-order valence-electron chi connectivity index (χ0n) is 15.9. The van der Waals surface area contributed by atoms with Gasteiger partial charge in [-0.25, -0.2) is 0 Å². The number of ether oxygens (including phenoxy) is 1. The van der Waals surface area contributed by atoms with E-state index in [1.54, 1.807) is 0 Å². The van der Waals surface area contributed by atoms with Crippen LogP contribution in [0.15, 0.2) is 42.5 Å². The summed E-state index contributed by atoms with van der Waals surface area (Å²) >= 11 is 0. The highest BCUT2D eigenvalue weighted by Crippen LogP contribution is 2.29. The molecule has 138 valence electrons. The molecule has 1 aliphatic heterocycles. The summed E-state index contributed by atoms with van der Waals surface area (Å²) in [7, 11) is 4.08. The number of hydrogen-bond acceptors (Lipinski definition) is 3. The lowest BCUT2D eigenvalue weighted by molar-refractivity contribution is 0.0942. The molecule has 0 fully saturated rings. The Balaban J connectivity index is 1.66. The first-order valence-corrected chi connectivity index (χ1v) is 9.37. The lowest BCUT2D eigenvalue weighted by Gasteiger charge is -2.25. The van der Waals surface area contributed by atoms with Crippen LogP contribution in [0.2, 0.25) is 0 Å².